The number of rotatable bonds is 20. The summed E-state index contributed by atoms with van der Waals surface area (Å²) in [6.45, 7) is -0.660. The van der Waals surface area contributed by atoms with Crippen molar-refractivity contribution in [2.24, 2.45) is 0 Å². The molecule has 29 atom stereocenters. The molecule has 5 heterocycles. The number of carbonyl (C=O) groups excluding carboxylic acids is 2. The fourth-order valence-corrected chi connectivity index (χ4v) is 8.80. The van der Waals surface area contributed by atoms with Gasteiger partial charge in [0, 0.05) is 13.8 Å². The third kappa shape index (κ3) is 13.5. The summed E-state index contributed by atoms with van der Waals surface area (Å²) in [7, 11) is 0. The summed E-state index contributed by atoms with van der Waals surface area (Å²) in [5, 5.41) is 187. The Bertz CT molecular complexity index is 1660. The molecule has 0 aromatic rings. The summed E-state index contributed by atoms with van der Waals surface area (Å²) in [5.74, 6) is -1.70. The number of ether oxygens (including phenoxy) is 10. The zero-order chi connectivity index (χ0) is 52.9. The summed E-state index contributed by atoms with van der Waals surface area (Å²) in [4.78, 5) is 25.3. The van der Waals surface area contributed by atoms with Crippen molar-refractivity contribution in [2.75, 3.05) is 33.0 Å². The Morgan fingerprint density at radius 1 is 0.465 bits per heavy atom. The molecule has 0 aliphatic carbocycles. The maximum Gasteiger partial charge on any atom is 0.217 e. The van der Waals surface area contributed by atoms with Gasteiger partial charge in [-0.2, -0.15) is 0 Å². The maximum atomic E-state index is 13.0. The van der Waals surface area contributed by atoms with Crippen molar-refractivity contribution in [2.45, 2.75) is 206 Å². The Kier molecular flexibility index (Phi) is 21.9. The lowest BCUT2D eigenvalue weighted by molar-refractivity contribution is -0.389. The minimum atomic E-state index is -2.32. The summed E-state index contributed by atoms with van der Waals surface area (Å²) in [5.41, 5.74) is 0. The Labute approximate surface area is 404 Å². The van der Waals surface area contributed by atoms with Crippen molar-refractivity contribution in [1.29, 1.82) is 0 Å². The Morgan fingerprint density at radius 3 is 1.42 bits per heavy atom. The van der Waals surface area contributed by atoms with Crippen molar-refractivity contribution in [1.82, 2.24) is 10.6 Å². The molecule has 5 aliphatic heterocycles. The molecule has 0 aromatic heterocycles. The second-order valence-corrected chi connectivity index (χ2v) is 18.0. The lowest BCUT2D eigenvalue weighted by Gasteiger charge is -2.51. The van der Waals surface area contributed by atoms with Gasteiger partial charge in [0.05, 0.1) is 51.3 Å². The molecule has 5 rings (SSSR count). The van der Waals surface area contributed by atoms with Crippen LogP contribution in [0.15, 0.2) is 0 Å². The van der Waals surface area contributed by atoms with Crippen LogP contribution in [0.5, 0.6) is 0 Å². The van der Waals surface area contributed by atoms with E-state index in [9.17, 15) is 96.4 Å². The highest BCUT2D eigenvalue weighted by molar-refractivity contribution is 5.73. The van der Waals surface area contributed by atoms with Crippen LogP contribution in [0.25, 0.3) is 0 Å². The van der Waals surface area contributed by atoms with E-state index in [1.54, 1.807) is 0 Å². The third-order valence-electron chi connectivity index (χ3n) is 12.8. The highest BCUT2D eigenvalue weighted by Crippen LogP contribution is 2.37. The molecule has 31 heteroatoms. The van der Waals surface area contributed by atoms with Crippen LogP contribution in [0.3, 0.4) is 0 Å². The largest absolute Gasteiger partial charge is 0.394 e. The first-order valence-electron chi connectivity index (χ1n) is 22.7. The molecule has 5 saturated heterocycles. The average Bonchev–Trinajstić information content (AvgIpc) is 3.33. The van der Waals surface area contributed by atoms with E-state index >= 15 is 0 Å². The van der Waals surface area contributed by atoms with Gasteiger partial charge >= 0.3 is 0 Å². The highest BCUT2D eigenvalue weighted by atomic mass is 16.8. The molecule has 71 heavy (non-hydrogen) atoms. The van der Waals surface area contributed by atoms with Gasteiger partial charge in [-0.3, -0.25) is 9.59 Å². The summed E-state index contributed by atoms with van der Waals surface area (Å²) < 4.78 is 58.5. The van der Waals surface area contributed by atoms with Crippen LogP contribution < -0.4 is 10.6 Å². The molecule has 0 aromatic carbocycles. The van der Waals surface area contributed by atoms with Crippen LogP contribution in [0.4, 0.5) is 0 Å². The number of nitrogens with one attached hydrogen (secondary N) is 2. The number of hydrogen-bond acceptors (Lipinski definition) is 29. The quantitative estimate of drug-likeness (QED) is 0.0538. The topological polar surface area (TPSA) is 494 Å². The van der Waals surface area contributed by atoms with Crippen molar-refractivity contribution in [3.63, 3.8) is 0 Å². The third-order valence-corrected chi connectivity index (χ3v) is 12.8. The normalized spacial score (nSPS) is 46.1. The van der Waals surface area contributed by atoms with Crippen LogP contribution >= 0.6 is 0 Å². The van der Waals surface area contributed by atoms with Crippen molar-refractivity contribution in [3.8, 4) is 0 Å². The zero-order valence-electron chi connectivity index (χ0n) is 38.8. The van der Waals surface area contributed by atoms with E-state index in [1.165, 1.54) is 13.8 Å². The van der Waals surface area contributed by atoms with Crippen molar-refractivity contribution >= 4 is 11.8 Å². The van der Waals surface area contributed by atoms with Gasteiger partial charge < -0.3 is 145 Å². The first-order chi connectivity index (χ1) is 33.4. The number of aliphatic hydroxyl groups excluding tert-OH is 17. The molecule has 31 nitrogen and oxygen atoms in total. The summed E-state index contributed by atoms with van der Waals surface area (Å²) in [6.07, 6.45) is -51.2. The first kappa shape index (κ1) is 59.7. The number of amides is 2. The van der Waals surface area contributed by atoms with E-state index in [0.29, 0.717) is 0 Å². The zero-order valence-corrected chi connectivity index (χ0v) is 38.8. The smallest absolute Gasteiger partial charge is 0.217 e. The summed E-state index contributed by atoms with van der Waals surface area (Å²) >= 11 is 0. The lowest BCUT2D eigenvalue weighted by atomic mass is 9.93. The number of hydrogen-bond donors (Lipinski definition) is 19. The van der Waals surface area contributed by atoms with Gasteiger partial charge in [-0.1, -0.05) is 0 Å². The molecule has 0 spiro atoms. The molecule has 5 fully saturated rings. The Hall–Kier alpha value is -2.14. The second-order valence-electron chi connectivity index (χ2n) is 18.0. The van der Waals surface area contributed by atoms with Crippen LogP contribution in [0, 0.1) is 0 Å². The second kappa shape index (κ2) is 26.1. The van der Waals surface area contributed by atoms with Crippen LogP contribution in [-0.2, 0) is 57.0 Å². The van der Waals surface area contributed by atoms with E-state index in [-0.39, 0.29) is 0 Å². The highest BCUT2D eigenvalue weighted by Gasteiger charge is 2.58. The molecule has 0 bridgehead atoms. The molecular formula is C40H70N2O29. The van der Waals surface area contributed by atoms with Crippen LogP contribution in [0.1, 0.15) is 27.7 Å². The molecule has 2 amide bonds. The molecule has 414 valence electrons. The number of carbonyl (C=O) groups is 2. The van der Waals surface area contributed by atoms with E-state index in [4.69, 9.17) is 47.4 Å². The van der Waals surface area contributed by atoms with Crippen molar-refractivity contribution in [3.05, 3.63) is 0 Å². The van der Waals surface area contributed by atoms with Crippen molar-refractivity contribution < 1.29 is 144 Å². The van der Waals surface area contributed by atoms with Gasteiger partial charge in [0.25, 0.3) is 0 Å². The molecular weight excluding hydrogens is 972 g/mol. The van der Waals surface area contributed by atoms with Crippen LogP contribution in [0.2, 0.25) is 0 Å². The molecule has 5 aliphatic rings. The molecule has 0 unspecified atom stereocenters. The van der Waals surface area contributed by atoms with Gasteiger partial charge in [0.15, 0.2) is 31.5 Å². The van der Waals surface area contributed by atoms with Gasteiger partial charge in [-0.25, -0.2) is 0 Å². The molecule has 0 saturated carbocycles. The Balaban J connectivity index is 1.54. The fraction of sp³-hybridized carbons (Fsp3) is 0.950. The average molecular weight is 1040 g/mol. The van der Waals surface area contributed by atoms with Gasteiger partial charge in [0.2, 0.25) is 11.8 Å². The van der Waals surface area contributed by atoms with E-state index in [0.717, 1.165) is 13.8 Å². The van der Waals surface area contributed by atoms with E-state index in [1.807, 2.05) is 0 Å². The predicted octanol–water partition coefficient (Wildman–Crippen LogP) is -12.1. The molecule has 19 N–H and O–H groups in total. The summed E-state index contributed by atoms with van der Waals surface area (Å²) in [6, 6.07) is -3.48. The standard InChI is InChI=1S/C40H70N2O29/c1-10-20(51)24(55)27(58)37(62-10)67-31(14(5-43)41-12(3)48)32(15(50)6-44)68-40-30(61)35(23(54)17(8-46)65-40)71-36-19(42-13(4)49)34(70-39-29(60)26(57)22(53)16(7-45)64-39)33(18(9-47)66-36)69-38-28(59)25(56)21(52)11(2)63-38/h10-11,14-40,43-47,50-61H,5-9H2,1-4H3,(H,41,48)(H,42,49)/t10-,11-,14-,15+,16+,17+,18+,19+,20+,21+,22-,23-,24+,25+,26-,27-,28-,29+,30+,31+,32+,33+,34+,35-,36-,37-,38-,39-,40-/m0/s1. The lowest BCUT2D eigenvalue weighted by Crippen LogP contribution is -2.71. The van der Waals surface area contributed by atoms with E-state index < -0.39 is 223 Å². The number of aliphatic hydroxyl groups is 17. The van der Waals surface area contributed by atoms with Gasteiger partial charge in [-0.15, -0.1) is 0 Å². The maximum absolute atomic E-state index is 13.0. The first-order valence-corrected chi connectivity index (χ1v) is 22.7. The van der Waals surface area contributed by atoms with Gasteiger partial charge in [-0.05, 0) is 13.8 Å². The van der Waals surface area contributed by atoms with E-state index in [2.05, 4.69) is 10.6 Å². The monoisotopic (exact) mass is 1040 g/mol. The minimum absolute atomic E-state index is 0.799. The molecule has 0 radical (unpaired) electrons. The van der Waals surface area contributed by atoms with Crippen LogP contribution in [-0.4, -0.2) is 309 Å². The SMILES string of the molecule is CC(=O)N[C@H]1[C@H](O[C@H]2[C@@H](O)[C@@H](CO)O[C@@H](O[C@@H]([C@H](O[C@@H]3O[C@@H](C)[C@@H](O)[C@@H](O)[C@@H]3O)[C@H](CO)NC(C)=O)[C@H](O)CO)[C@@H]2O)O[C@H](CO)[C@@H](O[C@@H]2O[C@@H](C)[C@@H](O)[C@@H](O)[C@@H]2O)[C@@H]1O[C@@H]1O[C@H](CO)[C@H](O)[C@H](O)[C@H]1O. The van der Waals surface area contributed by atoms with Gasteiger partial charge in [0.1, 0.15) is 128 Å². The fourth-order valence-electron chi connectivity index (χ4n) is 8.80. The minimum Gasteiger partial charge on any atom is -0.394 e. The predicted molar refractivity (Wildman–Crippen MR) is 222 cm³/mol. The Morgan fingerprint density at radius 2 is 0.901 bits per heavy atom.